The Morgan fingerprint density at radius 3 is 1.46 bits per heavy atom. The Labute approximate surface area is 237 Å². The van der Waals surface area contributed by atoms with Crippen LogP contribution in [0, 0.1) is 0 Å². The maximum absolute atomic E-state index is 4.35. The largest absolute Gasteiger partial charge is 0.327 e. The molecule has 0 aliphatic heterocycles. The molecule has 0 unspecified atom stereocenters. The molecule has 6 rings (SSSR count). The minimum atomic E-state index is -0.586. The summed E-state index contributed by atoms with van der Waals surface area (Å²) in [7, 11) is -0.586. The van der Waals surface area contributed by atoms with Crippen LogP contribution in [0.25, 0.3) is 0 Å². The van der Waals surface area contributed by atoms with Gasteiger partial charge in [0.05, 0.1) is 21.0 Å². The van der Waals surface area contributed by atoms with Gasteiger partial charge in [-0.15, -0.1) is 0 Å². The van der Waals surface area contributed by atoms with E-state index in [-0.39, 0.29) is 5.16 Å². The molecule has 39 heavy (non-hydrogen) atoms. The number of benzene rings is 4. The van der Waals surface area contributed by atoms with E-state index in [1.54, 1.807) is 0 Å². The van der Waals surface area contributed by atoms with Crippen molar-refractivity contribution in [3.05, 3.63) is 151 Å². The van der Waals surface area contributed by atoms with Crippen molar-refractivity contribution in [2.24, 2.45) is 0 Å². The summed E-state index contributed by atoms with van der Waals surface area (Å²) in [6.45, 7) is 7.69. The molecule has 4 heteroatoms. The van der Waals surface area contributed by atoms with Crippen LogP contribution >= 0.6 is 0 Å². The van der Waals surface area contributed by atoms with E-state index in [0.29, 0.717) is 11.8 Å². The summed E-state index contributed by atoms with van der Waals surface area (Å²) in [6, 6.07) is 43.6. The molecule has 5 aromatic rings. The van der Waals surface area contributed by atoms with Gasteiger partial charge in [-0.3, -0.25) is 0 Å². The van der Waals surface area contributed by atoms with Crippen molar-refractivity contribution in [1.82, 2.24) is 9.55 Å². The summed E-state index contributed by atoms with van der Waals surface area (Å²) in [5.74, 6) is 0.866. The average molecular weight is 527 g/mol. The molecule has 1 aliphatic rings. The number of aromatic nitrogens is 2. The van der Waals surface area contributed by atoms with Crippen molar-refractivity contribution in [2.45, 2.75) is 49.6 Å². The lowest BCUT2D eigenvalue weighted by atomic mass is 9.37. The Morgan fingerprint density at radius 2 is 1.10 bits per heavy atom. The van der Waals surface area contributed by atoms with Crippen molar-refractivity contribution >= 4 is 27.2 Å². The Morgan fingerprint density at radius 1 is 0.667 bits per heavy atom. The lowest BCUT2D eigenvalue weighted by Gasteiger charge is -2.41. The van der Waals surface area contributed by atoms with Gasteiger partial charge in [0.15, 0.2) is 0 Å². The van der Waals surface area contributed by atoms with Gasteiger partial charge in [-0.1, -0.05) is 172 Å². The van der Waals surface area contributed by atoms with Gasteiger partial charge in [0.1, 0.15) is 0 Å². The second-order valence-electron chi connectivity index (χ2n) is 11.9. The normalized spacial score (nSPS) is 13.6. The highest BCUT2D eigenvalue weighted by Gasteiger charge is 2.40. The molecule has 0 saturated heterocycles. The standard InChI is InChI=1S/C20H24N2Si.C15H15B/c1-19(2,3)23-20(22-15-14-21-16-22,17-10-6-4-7-11-17)18-12-8-5-9-13-18;1-3-7-13(8-4-1)16(15-11-12-15)14-9-5-2-6-10-14/h4-16H,23H2,1-3H3;1-10,15H,11-12H2. The van der Waals surface area contributed by atoms with Crippen molar-refractivity contribution in [1.29, 1.82) is 0 Å². The first-order valence-electron chi connectivity index (χ1n) is 14.2. The zero-order chi connectivity index (χ0) is 27.1. The Balaban J connectivity index is 0.000000168. The molecule has 2 nitrogen and oxygen atoms in total. The molecule has 1 saturated carbocycles. The number of rotatable bonds is 7. The van der Waals surface area contributed by atoms with Crippen LogP contribution in [0.15, 0.2) is 140 Å². The molecule has 1 aliphatic carbocycles. The van der Waals surface area contributed by atoms with E-state index in [2.05, 4.69) is 158 Å². The van der Waals surface area contributed by atoms with Crippen LogP contribution in [-0.2, 0) is 5.16 Å². The van der Waals surface area contributed by atoms with Gasteiger partial charge < -0.3 is 4.57 Å². The highest BCUT2D eigenvalue weighted by Crippen LogP contribution is 2.40. The average Bonchev–Trinajstić information content (AvgIpc) is 3.64. The van der Waals surface area contributed by atoms with Crippen molar-refractivity contribution < 1.29 is 0 Å². The van der Waals surface area contributed by atoms with Crippen LogP contribution in [0.3, 0.4) is 0 Å². The van der Waals surface area contributed by atoms with E-state index in [4.69, 9.17) is 0 Å². The monoisotopic (exact) mass is 526 g/mol. The molecular formula is C35H39BN2Si. The van der Waals surface area contributed by atoms with Crippen LogP contribution in [-0.4, -0.2) is 25.8 Å². The van der Waals surface area contributed by atoms with E-state index in [1.807, 2.05) is 12.5 Å². The van der Waals surface area contributed by atoms with E-state index in [1.165, 1.54) is 34.9 Å². The summed E-state index contributed by atoms with van der Waals surface area (Å²) in [5.41, 5.74) is 5.64. The fraction of sp³-hybridized carbons (Fsp3) is 0.229. The first-order valence-corrected chi connectivity index (χ1v) is 15.6. The second kappa shape index (κ2) is 12.0. The van der Waals surface area contributed by atoms with Gasteiger partial charge in [-0.05, 0) is 16.2 Å². The van der Waals surface area contributed by atoms with E-state index in [0.717, 1.165) is 5.82 Å². The number of hydrogen-bond acceptors (Lipinski definition) is 1. The third-order valence-corrected chi connectivity index (χ3v) is 10.4. The van der Waals surface area contributed by atoms with Crippen LogP contribution in [0.4, 0.5) is 0 Å². The maximum atomic E-state index is 4.35. The molecule has 4 aromatic carbocycles. The van der Waals surface area contributed by atoms with Crippen LogP contribution < -0.4 is 10.9 Å². The summed E-state index contributed by atoms with van der Waals surface area (Å²) in [5, 5.41) is 0.188. The van der Waals surface area contributed by atoms with Gasteiger partial charge in [0.2, 0.25) is 6.71 Å². The Hall–Kier alpha value is -3.63. The van der Waals surface area contributed by atoms with Crippen LogP contribution in [0.5, 0.6) is 0 Å². The third-order valence-electron chi connectivity index (χ3n) is 7.64. The highest BCUT2D eigenvalue weighted by atomic mass is 28.2. The zero-order valence-electron chi connectivity index (χ0n) is 23.4. The molecule has 1 heterocycles. The molecular weight excluding hydrogens is 487 g/mol. The van der Waals surface area contributed by atoms with Crippen LogP contribution in [0.2, 0.25) is 10.9 Å². The quantitative estimate of drug-likeness (QED) is 0.222. The van der Waals surface area contributed by atoms with E-state index >= 15 is 0 Å². The predicted octanol–water partition coefficient (Wildman–Crippen LogP) is 6.48. The van der Waals surface area contributed by atoms with Gasteiger partial charge in [-0.25, -0.2) is 4.98 Å². The van der Waals surface area contributed by atoms with Gasteiger partial charge in [0, 0.05) is 12.4 Å². The predicted molar refractivity (Wildman–Crippen MR) is 170 cm³/mol. The third kappa shape index (κ3) is 6.51. The molecule has 0 atom stereocenters. The van der Waals surface area contributed by atoms with Gasteiger partial charge in [0.25, 0.3) is 0 Å². The molecule has 0 spiro atoms. The number of nitrogens with zero attached hydrogens (tertiary/aromatic N) is 2. The summed E-state index contributed by atoms with van der Waals surface area (Å²) in [6.07, 6.45) is 8.73. The first kappa shape index (κ1) is 27.0. The lowest BCUT2D eigenvalue weighted by molar-refractivity contribution is 0.564. The topological polar surface area (TPSA) is 17.8 Å². The summed E-state index contributed by atoms with van der Waals surface area (Å²) in [4.78, 5) is 4.35. The van der Waals surface area contributed by atoms with Crippen molar-refractivity contribution in [3.8, 4) is 0 Å². The molecule has 0 N–H and O–H groups in total. The SMILES string of the molecule is CC(C)(C)[SiH2]C(c1ccccc1)(c1ccccc1)n1ccnc1.c1ccc(B(c2ccccc2)C2CC2)cc1. The maximum Gasteiger partial charge on any atom is 0.212 e. The van der Waals surface area contributed by atoms with Gasteiger partial charge in [-0.2, -0.15) is 0 Å². The smallest absolute Gasteiger partial charge is 0.212 e. The molecule has 0 radical (unpaired) electrons. The van der Waals surface area contributed by atoms with Gasteiger partial charge >= 0.3 is 0 Å². The summed E-state index contributed by atoms with van der Waals surface area (Å²) >= 11 is 0. The van der Waals surface area contributed by atoms with E-state index in [9.17, 15) is 0 Å². The molecule has 1 aromatic heterocycles. The van der Waals surface area contributed by atoms with Crippen molar-refractivity contribution in [3.63, 3.8) is 0 Å². The first-order chi connectivity index (χ1) is 19.0. The highest BCUT2D eigenvalue weighted by molar-refractivity contribution is 6.86. The van der Waals surface area contributed by atoms with Crippen molar-refractivity contribution in [2.75, 3.05) is 0 Å². The van der Waals surface area contributed by atoms with E-state index < -0.39 is 9.52 Å². The lowest BCUT2D eigenvalue weighted by Crippen LogP contribution is -2.45. The minimum Gasteiger partial charge on any atom is -0.327 e. The fourth-order valence-electron chi connectivity index (χ4n) is 5.93. The number of hydrogen-bond donors (Lipinski definition) is 0. The van der Waals surface area contributed by atoms with Crippen LogP contribution in [0.1, 0.15) is 44.7 Å². The molecule has 0 bridgehead atoms. The summed E-state index contributed by atoms with van der Waals surface area (Å²) < 4.78 is 2.31. The fourth-order valence-corrected chi connectivity index (χ4v) is 8.71. The number of imidazole rings is 1. The minimum absolute atomic E-state index is 0.114. The Kier molecular flexibility index (Phi) is 8.33. The Bertz CT molecular complexity index is 1320. The molecule has 0 amide bonds. The molecule has 196 valence electrons. The zero-order valence-corrected chi connectivity index (χ0v) is 24.9. The second-order valence-corrected chi connectivity index (χ2v) is 15.4. The molecule has 1 fully saturated rings.